The Hall–Kier alpha value is -9.15. The predicted octanol–water partition coefficient (Wildman–Crippen LogP) is 16.7. The molecular weight excluding hydrogens is 1630 g/mol. The number of hydrogen-bond donors (Lipinski definition) is 5. The van der Waals surface area contributed by atoms with Crippen LogP contribution in [0.1, 0.15) is 350 Å². The Bertz CT molecular complexity index is 7750. The van der Waals surface area contributed by atoms with Gasteiger partial charge in [0.05, 0.1) is 66.9 Å². The van der Waals surface area contributed by atoms with Crippen LogP contribution in [0.25, 0.3) is 0 Å². The molecule has 5 aliphatic rings. The summed E-state index contributed by atoms with van der Waals surface area (Å²) in [6, 6.07) is -3.35. The topological polar surface area (TPSA) is 249 Å². The smallest absolute Gasteiger partial charge is 0.344 e. The van der Waals surface area contributed by atoms with Gasteiger partial charge in [0.1, 0.15) is 0 Å². The molecule has 0 bridgehead atoms. The highest BCUT2D eigenvalue weighted by Gasteiger charge is 2.52. The monoisotopic (exact) mass is 1850 g/mol. The maximum absolute atomic E-state index is 13.9. The number of aliphatic hydroxyl groups is 5. The van der Waals surface area contributed by atoms with Gasteiger partial charge < -0.3 is 49.2 Å². The van der Waals surface area contributed by atoms with Crippen molar-refractivity contribution >= 4 is 29.8 Å². The number of carbonyl (C=O) groups excluding carboxylic acids is 5. The van der Waals surface area contributed by atoms with Gasteiger partial charge in [0.15, 0.2) is 60.8 Å². The van der Waals surface area contributed by atoms with Gasteiger partial charge in [-0.25, -0.2) is 24.0 Å². The first-order valence-electron chi connectivity index (χ1n) is 75.4. The number of nitrogens with zero attached hydrogens (tertiary/aromatic N) is 5. The molecule has 10 rings (SSSR count). The summed E-state index contributed by atoms with van der Waals surface area (Å²) in [7, 11) is 0. The van der Waals surface area contributed by atoms with Crippen LogP contribution in [-0.2, 0) is 75.7 Å². The van der Waals surface area contributed by atoms with Crippen LogP contribution in [0, 0.1) is 88.7 Å². The van der Waals surface area contributed by atoms with Crippen LogP contribution in [0.2, 0.25) is 0 Å². The molecule has 5 saturated carbocycles. The molecule has 5 unspecified atom stereocenters. The van der Waals surface area contributed by atoms with E-state index in [0.29, 0.717) is 89.9 Å². The van der Waals surface area contributed by atoms with Crippen molar-refractivity contribution in [1.82, 2.24) is 24.5 Å². The van der Waals surface area contributed by atoms with Crippen LogP contribution in [0.15, 0.2) is 151 Å². The molecule has 20 nitrogen and oxygen atoms in total. The molecule has 5 fully saturated rings. The highest BCUT2D eigenvalue weighted by atomic mass is 16.6. The summed E-state index contributed by atoms with van der Waals surface area (Å²) < 4.78 is 577. The zero-order chi connectivity index (χ0) is 154. The lowest BCUT2D eigenvalue weighted by atomic mass is 9.73. The average Bonchev–Trinajstić information content (AvgIpc) is 0.649. The van der Waals surface area contributed by atoms with Crippen molar-refractivity contribution in [3.05, 3.63) is 179 Å². The van der Waals surface area contributed by atoms with Crippen molar-refractivity contribution in [2.45, 2.75) is 257 Å². The van der Waals surface area contributed by atoms with Crippen LogP contribution < -0.4 is 0 Å². The number of carbonyl (C=O) groups is 5. The van der Waals surface area contributed by atoms with Gasteiger partial charge >= 0.3 is 29.8 Å². The fourth-order valence-electron chi connectivity index (χ4n) is 12.6. The van der Waals surface area contributed by atoms with E-state index in [9.17, 15) is 49.5 Å². The fraction of sp³-hybridized carbons (Fsp3) is 0.591. The third-order valence-corrected chi connectivity index (χ3v) is 20.2. The second-order valence-corrected chi connectivity index (χ2v) is 27.6. The lowest BCUT2D eigenvalue weighted by Gasteiger charge is -2.36. The Balaban J connectivity index is 0.000000378. The fourth-order valence-corrected chi connectivity index (χ4v) is 12.6. The van der Waals surface area contributed by atoms with Crippen LogP contribution in [0.3, 0.4) is 0 Å². The molecule has 0 spiro atoms. The molecule has 5 aromatic rings. The lowest BCUT2D eigenvalue weighted by molar-refractivity contribution is -0.174. The Morgan fingerprint density at radius 2 is 0.608 bits per heavy atom. The zero-order valence-electron chi connectivity index (χ0n) is 141. The molecule has 130 heavy (non-hydrogen) atoms. The van der Waals surface area contributed by atoms with Crippen molar-refractivity contribution < 1.29 is 166 Å². The van der Waals surface area contributed by atoms with E-state index < -0.39 is 361 Å². The lowest BCUT2D eigenvalue weighted by Crippen LogP contribution is -2.45. The molecule has 5 N–H and O–H groups in total. The molecule has 0 amide bonds. The minimum atomic E-state index is -4.85. The summed E-state index contributed by atoms with van der Waals surface area (Å²) in [5.41, 5.74) is -22.4. The molecule has 5 aliphatic carbocycles. The maximum Gasteiger partial charge on any atom is 0.344 e. The van der Waals surface area contributed by atoms with E-state index in [1.165, 1.54) is 24.1 Å². The predicted molar refractivity (Wildman–Crippen MR) is 517 cm³/mol. The molecule has 5 aromatic carbocycles. The third-order valence-electron chi connectivity index (χ3n) is 20.2. The molecule has 20 heteroatoms. The molecule has 0 radical (unpaired) electrons. The minimum absolute atomic E-state index is 0.0655. The van der Waals surface area contributed by atoms with Crippen molar-refractivity contribution in [2.24, 2.45) is 29.5 Å². The van der Waals surface area contributed by atoms with E-state index in [-0.39, 0.29) is 25.6 Å². The van der Waals surface area contributed by atoms with Crippen LogP contribution in [-0.4, -0.2) is 211 Å². The van der Waals surface area contributed by atoms with E-state index in [4.69, 9.17) is 107 Å². The number of benzene rings is 5. The van der Waals surface area contributed by atoms with Gasteiger partial charge in [-0.05, 0) is 157 Å². The van der Waals surface area contributed by atoms with Gasteiger partial charge in [0.25, 0.3) is 0 Å². The van der Waals surface area contributed by atoms with Crippen molar-refractivity contribution in [2.75, 3.05) is 131 Å². The number of ether oxygens (including phenoxy) is 5. The Morgan fingerprint density at radius 1 is 0.346 bits per heavy atom. The first-order valence-corrected chi connectivity index (χ1v) is 41.4. The SMILES string of the molecule is [2H]C([2H])(C#CCN(CC)CC)OC(=O)C(O)(c1ccccc1)C1([2H])C([2H])([2H])C([2H])([2H])C([2H])([2H])C([2H])([2H])C1([2H])[2H].[2H]C([2H])(C#CCN(CC)CC)OC(=O)C(O)(c1ccccc1)C1CCCCC1.[2H]c1c([2H])c([2H])c(C(O)(C(=O)OC([2H])([2H])C#CCN(CC)CC)C2([2H])C([2H])([2H])C([2H])([2H])C([2H])([2H])C([2H])([2H])C2([2H])[2H])c([2H])c1[2H].[2H]c1c([2H])c([2H])c(C(O)(C(=O)OC([2H])([2H])C#CCN(CC)CC)C2CCCCC2)c([2H])c1[2H].[2H]c1c([2H])c([2H])c(C(O)(C(=O)OCC#CC([2H])([2H])N(C([2H])([2H])C([2H])([2H])[2H])C([2H])([2H])C([2H])([2H])[2H])C2([2H])C([2H])([2H])C([2H])([2H])C([2H])([2H])C([2H])([2H])C2([2H])[2H])c([2H])c1[2H]. The van der Waals surface area contributed by atoms with Crippen LogP contribution in [0.5, 0.6) is 0 Å². The molecule has 0 aliphatic heterocycles. The third kappa shape index (κ3) is 33.8. The minimum Gasteiger partial charge on any atom is -0.450 e. The summed E-state index contributed by atoms with van der Waals surface area (Å²) in [4.78, 5) is 74.2. The summed E-state index contributed by atoms with van der Waals surface area (Å²) in [6.45, 7) is -12.8. The zero-order valence-corrected chi connectivity index (χ0v) is 73.2. The maximum atomic E-state index is 13.9. The van der Waals surface area contributed by atoms with Crippen LogP contribution >= 0.6 is 0 Å². The number of rotatable bonds is 35. The molecule has 0 aromatic heterocycles. The summed E-state index contributed by atoms with van der Waals surface area (Å²) in [6.07, 6.45) is -56.8. The average molecular weight is 1860 g/mol. The van der Waals surface area contributed by atoms with Gasteiger partial charge in [0.2, 0.25) is 0 Å². The van der Waals surface area contributed by atoms with Gasteiger partial charge in [-0.3, -0.25) is 24.5 Å². The quantitative estimate of drug-likeness (QED) is 0.0144. The van der Waals surface area contributed by atoms with Gasteiger partial charge in [-0.15, -0.1) is 0 Å². The molecule has 710 valence electrons. The highest BCUT2D eigenvalue weighted by molar-refractivity contribution is 5.84. The standard InChI is InChI=1S/5C22H31NO3/c5*1-3-23(4-2)17-11-12-18-26-21(24)22(25,19-13-7-5-8-14-19)20-15-9-6-10-16-20/h5*5,7-8,13-14,20,25H,3-4,6,9-10,15-18H2,1-2H3/i1D3,2D3,3D2,4D2,5D,6D2,7D,8D,9D2,10D2,13D,14D,15D2,16D2,17D2,20D;5D,6D2,7D,8D,9D2,10D2,13D,14D,15D2,16D2,18D2,20D;6D2,9D2,10D2,15D2,16D2,18D2,20D;5D,7D,8D,13D,14D,18D2;18D2. The van der Waals surface area contributed by atoms with Crippen molar-refractivity contribution in [3.8, 4) is 59.2 Å². The second kappa shape index (κ2) is 61.5. The van der Waals surface area contributed by atoms with E-state index in [2.05, 4.69) is 45.0 Å². The first-order chi connectivity index (χ1) is 89.2. The normalized spacial score (nSPS) is 32.4. The van der Waals surface area contributed by atoms with Gasteiger partial charge in [-0.2, -0.15) is 0 Å². The molecule has 5 atom stereocenters. The van der Waals surface area contributed by atoms with Gasteiger partial charge in [0, 0.05) is 88.5 Å². The summed E-state index contributed by atoms with van der Waals surface area (Å²) >= 11 is 0. The van der Waals surface area contributed by atoms with E-state index in [1.807, 2.05) is 69.2 Å². The van der Waals surface area contributed by atoms with E-state index >= 15 is 0 Å². The molecular formula is C110H155N5O15. The van der Waals surface area contributed by atoms with E-state index in [0.717, 1.165) is 50.9 Å². The second-order valence-electron chi connectivity index (χ2n) is 27.6. The van der Waals surface area contributed by atoms with Crippen molar-refractivity contribution in [3.63, 3.8) is 0 Å². The Kier molecular flexibility index (Phi) is 21.9. The largest absolute Gasteiger partial charge is 0.450 e. The molecule has 0 heterocycles. The Morgan fingerprint density at radius 3 is 0.900 bits per heavy atom. The summed E-state index contributed by atoms with van der Waals surface area (Å²) in [5.74, 6) is -2.76. The first kappa shape index (κ1) is 46.2. The molecule has 0 saturated heterocycles. The van der Waals surface area contributed by atoms with Crippen molar-refractivity contribution in [1.29, 1.82) is 0 Å². The van der Waals surface area contributed by atoms with Crippen LogP contribution in [0.4, 0.5) is 0 Å². The highest BCUT2D eigenvalue weighted by Crippen LogP contribution is 2.46. The number of hydrogen-bond acceptors (Lipinski definition) is 20. The summed E-state index contributed by atoms with van der Waals surface area (Å²) in [5, 5.41) is 59.2. The Labute approximate surface area is 876 Å². The van der Waals surface area contributed by atoms with Gasteiger partial charge in [-0.1, -0.05) is 375 Å². The van der Waals surface area contributed by atoms with E-state index in [1.54, 1.807) is 53.8 Å². The number of esters is 5.